The maximum absolute atomic E-state index is 11.4. The second-order valence-electron chi connectivity index (χ2n) is 5.10. The summed E-state index contributed by atoms with van der Waals surface area (Å²) in [7, 11) is 0. The number of amides is 2. The summed E-state index contributed by atoms with van der Waals surface area (Å²) in [6, 6.07) is 15.6. The van der Waals surface area contributed by atoms with E-state index in [0.29, 0.717) is 6.54 Å². The van der Waals surface area contributed by atoms with Crippen molar-refractivity contribution < 1.29 is 9.90 Å². The molecule has 0 saturated carbocycles. The van der Waals surface area contributed by atoms with Crippen LogP contribution in [0.3, 0.4) is 0 Å². The lowest BCUT2D eigenvalue weighted by atomic mass is 10.2. The van der Waals surface area contributed by atoms with Crippen molar-refractivity contribution in [3.05, 3.63) is 60.4 Å². The number of carbonyl (C=O) groups is 1. The lowest BCUT2D eigenvalue weighted by Crippen LogP contribution is -2.36. The maximum Gasteiger partial charge on any atom is 0.315 e. The number of para-hydroxylation sites is 2. The van der Waals surface area contributed by atoms with Gasteiger partial charge in [0.25, 0.3) is 0 Å². The first kappa shape index (κ1) is 15.1. The third-order valence-electron chi connectivity index (χ3n) is 3.52. The summed E-state index contributed by atoms with van der Waals surface area (Å²) in [5, 5.41) is 13.9. The summed E-state index contributed by atoms with van der Waals surface area (Å²) >= 11 is 0. The third-order valence-corrected chi connectivity index (χ3v) is 3.52. The predicted molar refractivity (Wildman–Crippen MR) is 88.4 cm³/mol. The molecule has 0 unspecified atom stereocenters. The highest BCUT2D eigenvalue weighted by molar-refractivity contribution is 5.77. The van der Waals surface area contributed by atoms with E-state index >= 15 is 0 Å². The zero-order valence-corrected chi connectivity index (χ0v) is 12.6. The molecule has 6 nitrogen and oxygen atoms in total. The lowest BCUT2D eigenvalue weighted by Gasteiger charge is -2.08. The second-order valence-corrected chi connectivity index (χ2v) is 5.10. The van der Waals surface area contributed by atoms with Crippen molar-refractivity contribution in [2.75, 3.05) is 13.2 Å². The van der Waals surface area contributed by atoms with Gasteiger partial charge in [-0.15, -0.1) is 0 Å². The SMILES string of the molecule is O=C(NCCO)NCc1ccc(-n2cnc3ccccc32)cc1. The number of carbonyl (C=O) groups excluding carboxylic acids is 1. The Morgan fingerprint density at radius 2 is 1.87 bits per heavy atom. The summed E-state index contributed by atoms with van der Waals surface area (Å²) in [5.41, 5.74) is 4.03. The Balaban J connectivity index is 1.69. The average molecular weight is 310 g/mol. The van der Waals surface area contributed by atoms with Crippen LogP contribution in [0.25, 0.3) is 16.7 Å². The topological polar surface area (TPSA) is 79.2 Å². The van der Waals surface area contributed by atoms with Crippen LogP contribution in [0, 0.1) is 0 Å². The van der Waals surface area contributed by atoms with E-state index in [2.05, 4.69) is 15.6 Å². The average Bonchev–Trinajstić information content (AvgIpc) is 3.02. The van der Waals surface area contributed by atoms with Gasteiger partial charge in [-0.2, -0.15) is 0 Å². The maximum atomic E-state index is 11.4. The summed E-state index contributed by atoms with van der Waals surface area (Å²) in [6.45, 7) is 0.613. The number of rotatable bonds is 5. The summed E-state index contributed by atoms with van der Waals surface area (Å²) in [4.78, 5) is 15.8. The van der Waals surface area contributed by atoms with Crippen molar-refractivity contribution >= 4 is 17.1 Å². The lowest BCUT2D eigenvalue weighted by molar-refractivity contribution is 0.234. The van der Waals surface area contributed by atoms with E-state index in [-0.39, 0.29) is 19.2 Å². The molecule has 0 bridgehead atoms. The molecule has 3 aromatic rings. The summed E-state index contributed by atoms with van der Waals surface area (Å²) < 4.78 is 2.03. The first-order chi connectivity index (χ1) is 11.3. The molecule has 3 rings (SSSR count). The van der Waals surface area contributed by atoms with Gasteiger partial charge in [0.05, 0.1) is 17.6 Å². The van der Waals surface area contributed by atoms with Gasteiger partial charge in [0.2, 0.25) is 0 Å². The molecule has 3 N–H and O–H groups in total. The van der Waals surface area contributed by atoms with E-state index in [1.807, 2.05) is 53.1 Å². The number of urea groups is 1. The summed E-state index contributed by atoms with van der Waals surface area (Å²) in [6.07, 6.45) is 1.81. The second kappa shape index (κ2) is 6.93. The van der Waals surface area contributed by atoms with Crippen molar-refractivity contribution in [3.63, 3.8) is 0 Å². The molecular weight excluding hydrogens is 292 g/mol. The minimum Gasteiger partial charge on any atom is -0.395 e. The van der Waals surface area contributed by atoms with Gasteiger partial charge in [0.15, 0.2) is 0 Å². The Morgan fingerprint density at radius 1 is 1.09 bits per heavy atom. The van der Waals surface area contributed by atoms with Gasteiger partial charge in [0, 0.05) is 18.8 Å². The first-order valence-corrected chi connectivity index (χ1v) is 7.42. The van der Waals surface area contributed by atoms with Crippen LogP contribution in [0.4, 0.5) is 4.79 Å². The van der Waals surface area contributed by atoms with Crippen LogP contribution in [-0.4, -0.2) is 33.8 Å². The largest absolute Gasteiger partial charge is 0.395 e. The van der Waals surface area contributed by atoms with Crippen molar-refractivity contribution in [3.8, 4) is 5.69 Å². The molecular formula is C17H18N4O2. The molecule has 0 radical (unpaired) electrons. The molecule has 0 fully saturated rings. The summed E-state index contributed by atoms with van der Waals surface area (Å²) in [5.74, 6) is 0. The third kappa shape index (κ3) is 3.49. The Hall–Kier alpha value is -2.86. The molecule has 23 heavy (non-hydrogen) atoms. The van der Waals surface area contributed by atoms with Crippen LogP contribution in [0.15, 0.2) is 54.9 Å². The first-order valence-electron chi connectivity index (χ1n) is 7.42. The minimum atomic E-state index is -0.288. The Kier molecular flexibility index (Phi) is 4.54. The van der Waals surface area contributed by atoms with E-state index in [4.69, 9.17) is 5.11 Å². The highest BCUT2D eigenvalue weighted by atomic mass is 16.3. The number of aliphatic hydroxyl groups excluding tert-OH is 1. The van der Waals surface area contributed by atoms with Crippen LogP contribution in [0.2, 0.25) is 0 Å². The van der Waals surface area contributed by atoms with E-state index in [0.717, 1.165) is 22.3 Å². The molecule has 1 heterocycles. The highest BCUT2D eigenvalue weighted by Gasteiger charge is 2.04. The van der Waals surface area contributed by atoms with Crippen LogP contribution < -0.4 is 10.6 Å². The number of hydrogen-bond donors (Lipinski definition) is 3. The predicted octanol–water partition coefficient (Wildman–Crippen LogP) is 1.82. The Labute approximate surface area is 133 Å². The molecule has 118 valence electrons. The van der Waals surface area contributed by atoms with Gasteiger partial charge in [-0.3, -0.25) is 4.57 Å². The normalized spacial score (nSPS) is 10.7. The van der Waals surface area contributed by atoms with Crippen LogP contribution in [0.5, 0.6) is 0 Å². The molecule has 2 amide bonds. The number of fused-ring (bicyclic) bond motifs is 1. The Bertz CT molecular complexity index is 796. The van der Waals surface area contributed by atoms with Gasteiger partial charge in [-0.05, 0) is 29.8 Å². The van der Waals surface area contributed by atoms with Crippen LogP contribution >= 0.6 is 0 Å². The molecule has 2 aromatic carbocycles. The molecule has 6 heteroatoms. The standard InChI is InChI=1S/C17H18N4O2/c22-10-9-18-17(23)19-11-13-5-7-14(8-6-13)21-12-20-15-3-1-2-4-16(15)21/h1-8,12,22H,9-11H2,(H2,18,19,23). The van der Waals surface area contributed by atoms with Gasteiger partial charge in [-0.25, -0.2) is 9.78 Å². The Morgan fingerprint density at radius 3 is 2.65 bits per heavy atom. The molecule has 0 spiro atoms. The van der Waals surface area contributed by atoms with Crippen LogP contribution in [-0.2, 0) is 6.54 Å². The number of nitrogens with zero attached hydrogens (tertiary/aromatic N) is 2. The highest BCUT2D eigenvalue weighted by Crippen LogP contribution is 2.18. The number of aliphatic hydroxyl groups is 1. The van der Waals surface area contributed by atoms with Gasteiger partial charge in [0.1, 0.15) is 6.33 Å². The minimum absolute atomic E-state index is 0.0685. The number of aromatic nitrogens is 2. The van der Waals surface area contributed by atoms with E-state index in [1.165, 1.54) is 0 Å². The fraction of sp³-hybridized carbons (Fsp3) is 0.176. The van der Waals surface area contributed by atoms with Gasteiger partial charge < -0.3 is 15.7 Å². The van der Waals surface area contributed by atoms with Gasteiger partial charge in [-0.1, -0.05) is 24.3 Å². The van der Waals surface area contributed by atoms with Gasteiger partial charge >= 0.3 is 6.03 Å². The molecule has 0 saturated heterocycles. The monoisotopic (exact) mass is 310 g/mol. The zero-order chi connectivity index (χ0) is 16.1. The molecule has 0 aliphatic rings. The molecule has 0 aliphatic carbocycles. The van der Waals surface area contributed by atoms with Crippen molar-refractivity contribution in [2.45, 2.75) is 6.54 Å². The zero-order valence-electron chi connectivity index (χ0n) is 12.6. The number of hydrogen-bond acceptors (Lipinski definition) is 3. The van der Waals surface area contributed by atoms with Crippen molar-refractivity contribution in [1.82, 2.24) is 20.2 Å². The molecule has 1 aromatic heterocycles. The van der Waals surface area contributed by atoms with Crippen molar-refractivity contribution in [1.29, 1.82) is 0 Å². The van der Waals surface area contributed by atoms with Crippen molar-refractivity contribution in [2.24, 2.45) is 0 Å². The molecule has 0 aliphatic heterocycles. The van der Waals surface area contributed by atoms with E-state index in [9.17, 15) is 4.79 Å². The van der Waals surface area contributed by atoms with E-state index < -0.39 is 0 Å². The fourth-order valence-corrected chi connectivity index (χ4v) is 2.35. The fourth-order valence-electron chi connectivity index (χ4n) is 2.35. The quantitative estimate of drug-likeness (QED) is 0.672. The smallest absolute Gasteiger partial charge is 0.315 e. The number of imidazole rings is 1. The van der Waals surface area contributed by atoms with Crippen LogP contribution in [0.1, 0.15) is 5.56 Å². The number of benzene rings is 2. The van der Waals surface area contributed by atoms with E-state index in [1.54, 1.807) is 6.33 Å². The number of nitrogens with one attached hydrogen (secondary N) is 2. The molecule has 0 atom stereocenters.